The second-order valence-corrected chi connectivity index (χ2v) is 3.32. The van der Waals surface area contributed by atoms with Gasteiger partial charge in [0.05, 0.1) is 6.26 Å². The Bertz CT molecular complexity index is 475. The Balaban J connectivity index is 2.58. The summed E-state index contributed by atoms with van der Waals surface area (Å²) in [7, 11) is 0. The molecule has 0 saturated heterocycles. The highest BCUT2D eigenvalue weighted by molar-refractivity contribution is 6.30. The fourth-order valence-corrected chi connectivity index (χ4v) is 1.50. The van der Waals surface area contributed by atoms with Crippen LogP contribution in [0.4, 0.5) is 0 Å². The number of halogens is 1. The van der Waals surface area contributed by atoms with Gasteiger partial charge in [0.1, 0.15) is 5.58 Å². The smallest absolute Gasteiger partial charge is 0.326 e. The predicted molar refractivity (Wildman–Crippen MR) is 52.4 cm³/mol. The lowest BCUT2D eigenvalue weighted by atomic mass is 10.1. The zero-order chi connectivity index (χ0) is 10.1. The van der Waals surface area contributed by atoms with Crippen molar-refractivity contribution in [1.29, 1.82) is 0 Å². The first-order chi connectivity index (χ1) is 6.70. The second kappa shape index (κ2) is 3.35. The molecule has 1 unspecified atom stereocenters. The van der Waals surface area contributed by atoms with Gasteiger partial charge in [-0.1, -0.05) is 18.2 Å². The standard InChI is InChI=1S/C10H7ClO3/c11-9(10(12)13)7-5-14-8-4-2-1-3-6(7)8/h1-5,9H,(H,12,13). The minimum absolute atomic E-state index is 0.495. The highest BCUT2D eigenvalue weighted by atomic mass is 35.5. The SMILES string of the molecule is O=C(O)C(Cl)c1coc2ccccc12. The highest BCUT2D eigenvalue weighted by Crippen LogP contribution is 2.30. The maximum atomic E-state index is 10.7. The zero-order valence-corrected chi connectivity index (χ0v) is 7.86. The topological polar surface area (TPSA) is 50.4 Å². The van der Waals surface area contributed by atoms with Crippen LogP contribution in [0.5, 0.6) is 0 Å². The van der Waals surface area contributed by atoms with Crippen LogP contribution in [-0.4, -0.2) is 11.1 Å². The van der Waals surface area contributed by atoms with Gasteiger partial charge in [-0.15, -0.1) is 11.6 Å². The van der Waals surface area contributed by atoms with Crippen LogP contribution >= 0.6 is 11.6 Å². The number of furan rings is 1. The minimum atomic E-state index is -1.07. The van der Waals surface area contributed by atoms with Crippen LogP contribution in [0.1, 0.15) is 10.9 Å². The summed E-state index contributed by atoms with van der Waals surface area (Å²) >= 11 is 5.70. The maximum absolute atomic E-state index is 10.7. The molecule has 14 heavy (non-hydrogen) atoms. The molecule has 0 spiro atoms. The average Bonchev–Trinajstić information content (AvgIpc) is 2.60. The van der Waals surface area contributed by atoms with Gasteiger partial charge in [0.25, 0.3) is 0 Å². The summed E-state index contributed by atoms with van der Waals surface area (Å²) in [6, 6.07) is 7.18. The molecule has 4 heteroatoms. The van der Waals surface area contributed by atoms with Crippen molar-refractivity contribution in [3.05, 3.63) is 36.1 Å². The fourth-order valence-electron chi connectivity index (χ4n) is 1.33. The summed E-state index contributed by atoms with van der Waals surface area (Å²) in [5.41, 5.74) is 1.14. The molecule has 1 N–H and O–H groups in total. The number of hydrogen-bond donors (Lipinski definition) is 1. The Kier molecular flexibility index (Phi) is 2.17. The lowest BCUT2D eigenvalue weighted by Crippen LogP contribution is -2.03. The summed E-state index contributed by atoms with van der Waals surface area (Å²) in [5.74, 6) is -1.07. The number of aliphatic carboxylic acids is 1. The van der Waals surface area contributed by atoms with Crippen molar-refractivity contribution in [2.24, 2.45) is 0 Å². The van der Waals surface area contributed by atoms with Crippen LogP contribution in [0.15, 0.2) is 34.9 Å². The molecule has 1 atom stereocenters. The van der Waals surface area contributed by atoms with E-state index in [0.717, 1.165) is 5.39 Å². The van der Waals surface area contributed by atoms with E-state index in [4.69, 9.17) is 21.1 Å². The van der Waals surface area contributed by atoms with E-state index in [1.165, 1.54) is 6.26 Å². The summed E-state index contributed by atoms with van der Waals surface area (Å²) in [4.78, 5) is 10.7. The van der Waals surface area contributed by atoms with Crippen molar-refractivity contribution < 1.29 is 14.3 Å². The van der Waals surface area contributed by atoms with Crippen LogP contribution in [-0.2, 0) is 4.79 Å². The number of carboxylic acids is 1. The molecule has 1 heterocycles. The molecule has 3 nitrogen and oxygen atoms in total. The van der Waals surface area contributed by atoms with E-state index in [1.54, 1.807) is 12.1 Å². The molecular formula is C10H7ClO3. The molecule has 0 aliphatic rings. The van der Waals surface area contributed by atoms with Gasteiger partial charge >= 0.3 is 5.97 Å². The molecule has 0 bridgehead atoms. The summed E-state index contributed by atoms with van der Waals surface area (Å²) in [5, 5.41) is 8.43. The Morgan fingerprint density at radius 1 is 1.43 bits per heavy atom. The van der Waals surface area contributed by atoms with Gasteiger partial charge in [-0.25, -0.2) is 0 Å². The highest BCUT2D eigenvalue weighted by Gasteiger charge is 2.20. The summed E-state index contributed by atoms with van der Waals surface area (Å²) in [6.45, 7) is 0. The number of carboxylic acid groups (broad SMARTS) is 1. The lowest BCUT2D eigenvalue weighted by Gasteiger charge is -1.99. The third kappa shape index (κ3) is 1.36. The number of rotatable bonds is 2. The first kappa shape index (κ1) is 9.09. The van der Waals surface area contributed by atoms with Crippen molar-refractivity contribution in [2.45, 2.75) is 5.38 Å². The van der Waals surface area contributed by atoms with Gasteiger partial charge in [0, 0.05) is 10.9 Å². The van der Waals surface area contributed by atoms with E-state index in [-0.39, 0.29) is 0 Å². The van der Waals surface area contributed by atoms with E-state index >= 15 is 0 Å². The number of hydrogen-bond acceptors (Lipinski definition) is 2. The van der Waals surface area contributed by atoms with Crippen molar-refractivity contribution in [3.63, 3.8) is 0 Å². The molecule has 1 aromatic heterocycles. The maximum Gasteiger partial charge on any atom is 0.326 e. The first-order valence-corrected chi connectivity index (χ1v) is 4.47. The van der Waals surface area contributed by atoms with Gasteiger partial charge in [-0.2, -0.15) is 0 Å². The van der Waals surface area contributed by atoms with Crippen LogP contribution in [0.2, 0.25) is 0 Å². The predicted octanol–water partition coefficient (Wildman–Crippen LogP) is 2.80. The third-order valence-corrected chi connectivity index (χ3v) is 2.42. The molecule has 0 radical (unpaired) electrons. The third-order valence-electron chi connectivity index (χ3n) is 2.00. The van der Waals surface area contributed by atoms with Crippen molar-refractivity contribution >= 4 is 28.5 Å². The van der Waals surface area contributed by atoms with Gasteiger partial charge in [0.2, 0.25) is 0 Å². The monoisotopic (exact) mass is 210 g/mol. The molecular weight excluding hydrogens is 204 g/mol. The number of para-hydroxylation sites is 1. The molecule has 0 aliphatic heterocycles. The molecule has 0 aliphatic carbocycles. The molecule has 72 valence electrons. The number of carbonyl (C=O) groups is 1. The molecule has 0 saturated carbocycles. The molecule has 2 aromatic rings. The van der Waals surface area contributed by atoms with Crippen molar-refractivity contribution in [3.8, 4) is 0 Å². The fraction of sp³-hybridized carbons (Fsp3) is 0.100. The van der Waals surface area contributed by atoms with Gasteiger partial charge in [-0.05, 0) is 6.07 Å². The summed E-state index contributed by atoms with van der Waals surface area (Å²) < 4.78 is 5.17. The van der Waals surface area contributed by atoms with Crippen molar-refractivity contribution in [1.82, 2.24) is 0 Å². The summed E-state index contributed by atoms with van der Waals surface area (Å²) in [6.07, 6.45) is 1.39. The first-order valence-electron chi connectivity index (χ1n) is 4.03. The molecule has 2 rings (SSSR count). The van der Waals surface area contributed by atoms with Gasteiger partial charge in [0.15, 0.2) is 5.38 Å². The quantitative estimate of drug-likeness (QED) is 0.776. The Labute approximate surface area is 84.9 Å². The van der Waals surface area contributed by atoms with Crippen LogP contribution in [0.25, 0.3) is 11.0 Å². The van der Waals surface area contributed by atoms with E-state index < -0.39 is 11.3 Å². The van der Waals surface area contributed by atoms with Gasteiger partial charge < -0.3 is 9.52 Å². The Morgan fingerprint density at radius 3 is 2.86 bits per heavy atom. The largest absolute Gasteiger partial charge is 0.480 e. The van der Waals surface area contributed by atoms with E-state index in [0.29, 0.717) is 11.1 Å². The van der Waals surface area contributed by atoms with Crippen LogP contribution in [0.3, 0.4) is 0 Å². The molecule has 0 fully saturated rings. The Morgan fingerprint density at radius 2 is 2.14 bits per heavy atom. The van der Waals surface area contributed by atoms with E-state index in [9.17, 15) is 4.79 Å². The van der Waals surface area contributed by atoms with E-state index in [2.05, 4.69) is 0 Å². The second-order valence-electron chi connectivity index (χ2n) is 2.89. The van der Waals surface area contributed by atoms with E-state index in [1.807, 2.05) is 12.1 Å². The van der Waals surface area contributed by atoms with Crippen molar-refractivity contribution in [2.75, 3.05) is 0 Å². The average molecular weight is 211 g/mol. The minimum Gasteiger partial charge on any atom is -0.480 e. The number of fused-ring (bicyclic) bond motifs is 1. The molecule has 1 aromatic carbocycles. The normalized spacial score (nSPS) is 12.9. The number of benzene rings is 1. The zero-order valence-electron chi connectivity index (χ0n) is 7.11. The molecule has 0 amide bonds. The lowest BCUT2D eigenvalue weighted by molar-refractivity contribution is -0.136. The van der Waals surface area contributed by atoms with Crippen LogP contribution in [0, 0.1) is 0 Å². The number of alkyl halides is 1. The van der Waals surface area contributed by atoms with Gasteiger partial charge in [-0.3, -0.25) is 4.79 Å². The Hall–Kier alpha value is -1.48. The van der Waals surface area contributed by atoms with Crippen LogP contribution < -0.4 is 0 Å².